The molecule has 0 radical (unpaired) electrons. The van der Waals surface area contributed by atoms with Crippen LogP contribution in [-0.2, 0) is 12.3 Å². The third-order valence-corrected chi connectivity index (χ3v) is 5.06. The predicted molar refractivity (Wildman–Crippen MR) is 104 cm³/mol. The van der Waals surface area contributed by atoms with E-state index in [0.717, 1.165) is 11.6 Å². The summed E-state index contributed by atoms with van der Waals surface area (Å²) in [7, 11) is 0. The number of aromatic nitrogens is 2. The molecule has 0 amide bonds. The zero-order valence-corrected chi connectivity index (χ0v) is 15.4. The highest BCUT2D eigenvalue weighted by molar-refractivity contribution is 8.22. The van der Waals surface area contributed by atoms with Gasteiger partial charge in [-0.1, -0.05) is 36.1 Å². The summed E-state index contributed by atoms with van der Waals surface area (Å²) < 4.78 is 27.0. The number of rotatable bonds is 4. The Morgan fingerprint density at radius 1 is 1.27 bits per heavy atom. The fourth-order valence-corrected chi connectivity index (χ4v) is 3.36. The molecule has 8 heteroatoms. The van der Waals surface area contributed by atoms with E-state index in [4.69, 9.17) is 12.2 Å². The van der Waals surface area contributed by atoms with Gasteiger partial charge in [-0.3, -0.25) is 4.79 Å². The van der Waals surface area contributed by atoms with E-state index < -0.39 is 11.6 Å². The van der Waals surface area contributed by atoms with E-state index in [1.165, 1.54) is 23.9 Å². The first-order chi connectivity index (χ1) is 12.4. The molecule has 3 rings (SSSR count). The predicted octanol–water partition coefficient (Wildman–Crippen LogP) is 3.82. The molecule has 0 saturated heterocycles. The second kappa shape index (κ2) is 7.92. The number of halogens is 2. The van der Waals surface area contributed by atoms with Gasteiger partial charge in [-0.05, 0) is 36.2 Å². The molecule has 0 aliphatic heterocycles. The number of aromatic amines is 1. The Kier molecular flexibility index (Phi) is 5.63. The van der Waals surface area contributed by atoms with Crippen LogP contribution in [0.1, 0.15) is 17.0 Å². The van der Waals surface area contributed by atoms with Gasteiger partial charge in [0.25, 0.3) is 5.56 Å². The molecule has 0 saturated carbocycles. The van der Waals surface area contributed by atoms with Crippen molar-refractivity contribution in [3.05, 3.63) is 75.3 Å². The summed E-state index contributed by atoms with van der Waals surface area (Å²) in [6, 6.07) is 8.91. The first kappa shape index (κ1) is 18.5. The number of H-pyrrole nitrogens is 1. The van der Waals surface area contributed by atoms with Gasteiger partial charge in [0.15, 0.2) is 0 Å². The SMILES string of the molecule is Cc1nc2ccc(CNC(=S)SCc3ccc(F)cc3F)cc2c(=O)[nH]1. The number of nitrogens with zero attached hydrogens (tertiary/aromatic N) is 1. The van der Waals surface area contributed by atoms with Crippen molar-refractivity contribution >= 4 is 39.2 Å². The Labute approximate surface area is 158 Å². The summed E-state index contributed by atoms with van der Waals surface area (Å²) in [5, 5.41) is 3.58. The Hall–Kier alpha value is -2.32. The van der Waals surface area contributed by atoms with Crippen molar-refractivity contribution < 1.29 is 8.78 Å². The molecular formula is C18H15F2N3OS2. The third kappa shape index (κ3) is 4.44. The van der Waals surface area contributed by atoms with Gasteiger partial charge >= 0.3 is 0 Å². The van der Waals surface area contributed by atoms with Crippen molar-refractivity contribution in [1.29, 1.82) is 0 Å². The lowest BCUT2D eigenvalue weighted by atomic mass is 10.1. The zero-order valence-electron chi connectivity index (χ0n) is 13.8. The van der Waals surface area contributed by atoms with Gasteiger partial charge in [-0.15, -0.1) is 0 Å². The molecule has 0 fully saturated rings. The molecule has 0 aliphatic rings. The van der Waals surface area contributed by atoms with Crippen LogP contribution in [0.15, 0.2) is 41.2 Å². The number of nitrogens with one attached hydrogen (secondary N) is 2. The van der Waals surface area contributed by atoms with Gasteiger partial charge in [-0.2, -0.15) is 0 Å². The maximum absolute atomic E-state index is 13.6. The molecule has 2 N–H and O–H groups in total. The second-order valence-corrected chi connectivity index (χ2v) is 7.32. The quantitative estimate of drug-likeness (QED) is 0.662. The van der Waals surface area contributed by atoms with Crippen LogP contribution >= 0.6 is 24.0 Å². The third-order valence-electron chi connectivity index (χ3n) is 3.70. The highest BCUT2D eigenvalue weighted by atomic mass is 32.2. The van der Waals surface area contributed by atoms with Gasteiger partial charge < -0.3 is 10.3 Å². The number of thioether (sulfide) groups is 1. The van der Waals surface area contributed by atoms with Crippen molar-refractivity contribution in [2.45, 2.75) is 19.2 Å². The van der Waals surface area contributed by atoms with Crippen LogP contribution in [0.25, 0.3) is 10.9 Å². The molecule has 0 bridgehead atoms. The van der Waals surface area contributed by atoms with Crippen molar-refractivity contribution in [2.75, 3.05) is 0 Å². The topological polar surface area (TPSA) is 57.8 Å². The largest absolute Gasteiger partial charge is 0.367 e. The summed E-state index contributed by atoms with van der Waals surface area (Å²) in [5.41, 5.74) is 1.72. The maximum atomic E-state index is 13.6. The van der Waals surface area contributed by atoms with Crippen molar-refractivity contribution in [3.63, 3.8) is 0 Å². The summed E-state index contributed by atoms with van der Waals surface area (Å²) in [6.07, 6.45) is 0. The molecule has 134 valence electrons. The Morgan fingerprint density at radius 3 is 2.85 bits per heavy atom. The van der Waals surface area contributed by atoms with Gasteiger partial charge in [0, 0.05) is 18.4 Å². The van der Waals surface area contributed by atoms with Crippen LogP contribution in [0.2, 0.25) is 0 Å². The minimum absolute atomic E-state index is 0.182. The molecule has 3 aromatic rings. The standard InChI is InChI=1S/C18H15F2N3OS2/c1-10-22-16-5-2-11(6-14(16)17(24)23-10)8-21-18(25)26-9-12-3-4-13(19)7-15(12)20/h2-7H,8-9H2,1H3,(H,21,25)(H,22,23,24). The summed E-state index contributed by atoms with van der Waals surface area (Å²) >= 11 is 6.49. The average molecular weight is 391 g/mol. The van der Waals surface area contributed by atoms with E-state index in [-0.39, 0.29) is 5.56 Å². The van der Waals surface area contributed by atoms with Gasteiger partial charge in [0.05, 0.1) is 10.9 Å². The number of fused-ring (bicyclic) bond motifs is 1. The normalized spacial score (nSPS) is 10.9. The monoisotopic (exact) mass is 391 g/mol. The Balaban J connectivity index is 1.60. The zero-order chi connectivity index (χ0) is 18.7. The van der Waals surface area contributed by atoms with Crippen LogP contribution in [0.5, 0.6) is 0 Å². The maximum Gasteiger partial charge on any atom is 0.258 e. The lowest BCUT2D eigenvalue weighted by molar-refractivity contribution is 0.577. The highest BCUT2D eigenvalue weighted by Gasteiger charge is 2.07. The Morgan fingerprint density at radius 2 is 2.08 bits per heavy atom. The number of benzene rings is 2. The molecule has 0 atom stereocenters. The first-order valence-corrected chi connectivity index (χ1v) is 9.16. The molecule has 0 unspecified atom stereocenters. The highest BCUT2D eigenvalue weighted by Crippen LogP contribution is 2.18. The lowest BCUT2D eigenvalue weighted by Gasteiger charge is -2.09. The number of hydrogen-bond acceptors (Lipinski definition) is 4. The lowest BCUT2D eigenvalue weighted by Crippen LogP contribution is -2.18. The molecule has 4 nitrogen and oxygen atoms in total. The van der Waals surface area contributed by atoms with Crippen LogP contribution in [-0.4, -0.2) is 14.3 Å². The van der Waals surface area contributed by atoms with Crippen molar-refractivity contribution in [1.82, 2.24) is 15.3 Å². The fraction of sp³-hybridized carbons (Fsp3) is 0.167. The van der Waals surface area contributed by atoms with Crippen LogP contribution in [0.4, 0.5) is 8.78 Å². The van der Waals surface area contributed by atoms with Gasteiger partial charge in [0.2, 0.25) is 0 Å². The van der Waals surface area contributed by atoms with E-state index in [1.54, 1.807) is 19.1 Å². The molecule has 26 heavy (non-hydrogen) atoms. The fourth-order valence-electron chi connectivity index (χ4n) is 2.42. The van der Waals surface area contributed by atoms with Crippen LogP contribution in [0, 0.1) is 18.6 Å². The molecule has 2 aromatic carbocycles. The second-order valence-electron chi connectivity index (χ2n) is 5.67. The average Bonchev–Trinajstić information content (AvgIpc) is 2.59. The van der Waals surface area contributed by atoms with Gasteiger partial charge in [-0.25, -0.2) is 13.8 Å². The minimum Gasteiger partial charge on any atom is -0.367 e. The number of thiocarbonyl (C=S) groups is 1. The summed E-state index contributed by atoms with van der Waals surface area (Å²) in [6.45, 7) is 2.16. The van der Waals surface area contributed by atoms with Gasteiger partial charge in [0.1, 0.15) is 21.8 Å². The molecule has 1 heterocycles. The summed E-state index contributed by atoms with van der Waals surface area (Å²) in [5.74, 6) is -0.317. The number of hydrogen-bond donors (Lipinski definition) is 2. The van der Waals surface area contributed by atoms with Crippen LogP contribution < -0.4 is 10.9 Å². The smallest absolute Gasteiger partial charge is 0.258 e. The van der Waals surface area contributed by atoms with Crippen molar-refractivity contribution in [3.8, 4) is 0 Å². The molecule has 1 aromatic heterocycles. The molecule has 0 aliphatic carbocycles. The molecule has 0 spiro atoms. The first-order valence-electron chi connectivity index (χ1n) is 7.76. The minimum atomic E-state index is -0.604. The summed E-state index contributed by atoms with van der Waals surface area (Å²) in [4.78, 5) is 19.0. The Bertz CT molecular complexity index is 1040. The van der Waals surface area contributed by atoms with E-state index in [9.17, 15) is 13.6 Å². The van der Waals surface area contributed by atoms with Crippen LogP contribution in [0.3, 0.4) is 0 Å². The molecular weight excluding hydrogens is 376 g/mol. The van der Waals surface area contributed by atoms with E-state index in [0.29, 0.717) is 38.9 Å². The number of aryl methyl sites for hydroxylation is 1. The van der Waals surface area contributed by atoms with E-state index >= 15 is 0 Å². The van der Waals surface area contributed by atoms with E-state index in [2.05, 4.69) is 15.3 Å². The van der Waals surface area contributed by atoms with E-state index in [1.807, 2.05) is 6.07 Å². The van der Waals surface area contributed by atoms with Crippen molar-refractivity contribution in [2.24, 2.45) is 0 Å².